The molecule has 0 unspecified atom stereocenters. The van der Waals surface area contributed by atoms with Gasteiger partial charge < -0.3 is 4.74 Å². The minimum absolute atomic E-state index is 0.0728. The number of carbonyl (C=O) groups is 1. The van der Waals surface area contributed by atoms with Crippen LogP contribution in [0.1, 0.15) is 23.0 Å². The molecule has 1 aromatic heterocycles. The van der Waals surface area contributed by atoms with Crippen LogP contribution in [0.25, 0.3) is 0 Å². The van der Waals surface area contributed by atoms with E-state index in [0.29, 0.717) is 4.47 Å². The molecule has 0 aliphatic rings. The lowest BCUT2D eigenvalue weighted by Crippen LogP contribution is -2.09. The zero-order valence-electron chi connectivity index (χ0n) is 10.6. The lowest BCUT2D eigenvalue weighted by molar-refractivity contribution is 0.0517. The molecule has 2 aromatic rings. The van der Waals surface area contributed by atoms with Crippen molar-refractivity contribution < 1.29 is 18.3 Å². The van der Waals surface area contributed by atoms with E-state index in [1.807, 2.05) is 0 Å². The SMILES string of the molecule is CCOC(=O)c1nn(Cc2c(F)cccc2F)cc1Br. The van der Waals surface area contributed by atoms with E-state index >= 15 is 0 Å². The van der Waals surface area contributed by atoms with Crippen molar-refractivity contribution in [2.45, 2.75) is 13.5 Å². The van der Waals surface area contributed by atoms with Crippen LogP contribution in [0.2, 0.25) is 0 Å². The van der Waals surface area contributed by atoms with Crippen molar-refractivity contribution in [2.24, 2.45) is 0 Å². The molecular weight excluding hydrogens is 334 g/mol. The summed E-state index contributed by atoms with van der Waals surface area (Å²) < 4.78 is 33.6. The molecule has 1 aromatic carbocycles. The van der Waals surface area contributed by atoms with E-state index in [1.165, 1.54) is 29.1 Å². The summed E-state index contributed by atoms with van der Waals surface area (Å²) in [6.07, 6.45) is 1.47. The van der Waals surface area contributed by atoms with Crippen molar-refractivity contribution in [1.82, 2.24) is 9.78 Å². The molecule has 0 radical (unpaired) electrons. The van der Waals surface area contributed by atoms with Crippen LogP contribution in [0.15, 0.2) is 28.9 Å². The van der Waals surface area contributed by atoms with Crippen molar-refractivity contribution in [3.63, 3.8) is 0 Å². The summed E-state index contributed by atoms with van der Waals surface area (Å²) in [7, 11) is 0. The molecule has 106 valence electrons. The fourth-order valence-electron chi connectivity index (χ4n) is 1.66. The van der Waals surface area contributed by atoms with Crippen LogP contribution in [0.5, 0.6) is 0 Å². The second-order valence-electron chi connectivity index (χ2n) is 3.94. The standard InChI is InChI=1S/C13H11BrF2N2O2/c1-2-20-13(19)12-9(14)7-18(17-12)6-8-10(15)4-3-5-11(8)16/h3-5,7H,2,6H2,1H3. The Morgan fingerprint density at radius 2 is 2.05 bits per heavy atom. The van der Waals surface area contributed by atoms with Gasteiger partial charge in [0.25, 0.3) is 0 Å². The molecule has 7 heteroatoms. The van der Waals surface area contributed by atoms with E-state index in [9.17, 15) is 13.6 Å². The maximum absolute atomic E-state index is 13.5. The van der Waals surface area contributed by atoms with E-state index in [4.69, 9.17) is 4.74 Å². The summed E-state index contributed by atoms with van der Waals surface area (Å²) in [4.78, 5) is 11.6. The first kappa shape index (κ1) is 14.6. The average molecular weight is 345 g/mol. The van der Waals surface area contributed by atoms with Gasteiger partial charge in [0.05, 0.1) is 17.6 Å². The fourth-order valence-corrected chi connectivity index (χ4v) is 2.14. The van der Waals surface area contributed by atoms with Crippen LogP contribution >= 0.6 is 15.9 Å². The highest BCUT2D eigenvalue weighted by molar-refractivity contribution is 9.10. The number of halogens is 3. The molecule has 2 rings (SSSR count). The van der Waals surface area contributed by atoms with Crippen LogP contribution in [-0.2, 0) is 11.3 Å². The zero-order valence-corrected chi connectivity index (χ0v) is 12.2. The molecule has 0 N–H and O–H groups in total. The summed E-state index contributed by atoms with van der Waals surface area (Å²) in [5.74, 6) is -1.91. The van der Waals surface area contributed by atoms with E-state index in [2.05, 4.69) is 21.0 Å². The molecule has 0 bridgehead atoms. The normalized spacial score (nSPS) is 10.6. The Kier molecular flexibility index (Phi) is 4.49. The molecule has 0 amide bonds. The third-order valence-electron chi connectivity index (χ3n) is 2.57. The minimum atomic E-state index is -0.658. The average Bonchev–Trinajstić information content (AvgIpc) is 2.75. The van der Waals surface area contributed by atoms with Gasteiger partial charge in [-0.3, -0.25) is 4.68 Å². The minimum Gasteiger partial charge on any atom is -0.461 e. The highest BCUT2D eigenvalue weighted by Crippen LogP contribution is 2.19. The van der Waals surface area contributed by atoms with Crippen LogP contribution in [-0.4, -0.2) is 22.4 Å². The van der Waals surface area contributed by atoms with E-state index < -0.39 is 17.6 Å². The van der Waals surface area contributed by atoms with Gasteiger partial charge in [0, 0.05) is 11.8 Å². The molecule has 0 spiro atoms. The van der Waals surface area contributed by atoms with Crippen LogP contribution in [0, 0.1) is 11.6 Å². The summed E-state index contributed by atoms with van der Waals surface area (Å²) >= 11 is 3.17. The Morgan fingerprint density at radius 3 is 2.65 bits per heavy atom. The maximum atomic E-state index is 13.5. The third-order valence-corrected chi connectivity index (χ3v) is 3.15. The monoisotopic (exact) mass is 344 g/mol. The Balaban J connectivity index is 2.27. The Hall–Kier alpha value is -1.76. The highest BCUT2D eigenvalue weighted by atomic mass is 79.9. The molecule has 0 atom stereocenters. The molecule has 0 saturated carbocycles. The van der Waals surface area contributed by atoms with Gasteiger partial charge in [-0.1, -0.05) is 6.07 Å². The van der Waals surface area contributed by atoms with Gasteiger partial charge in [0.2, 0.25) is 0 Å². The molecular formula is C13H11BrF2N2O2. The largest absolute Gasteiger partial charge is 0.461 e. The van der Waals surface area contributed by atoms with Crippen LogP contribution in [0.4, 0.5) is 8.78 Å². The second-order valence-corrected chi connectivity index (χ2v) is 4.80. The van der Waals surface area contributed by atoms with Gasteiger partial charge >= 0.3 is 5.97 Å². The van der Waals surface area contributed by atoms with Gasteiger partial charge in [-0.25, -0.2) is 13.6 Å². The third kappa shape index (κ3) is 3.04. The number of benzene rings is 1. The van der Waals surface area contributed by atoms with Crippen molar-refractivity contribution >= 4 is 21.9 Å². The molecule has 1 heterocycles. The first-order valence-electron chi connectivity index (χ1n) is 5.86. The van der Waals surface area contributed by atoms with Crippen LogP contribution in [0.3, 0.4) is 0 Å². The number of ether oxygens (including phenoxy) is 1. The van der Waals surface area contributed by atoms with Gasteiger partial charge in [-0.15, -0.1) is 0 Å². The Bertz CT molecular complexity index is 623. The molecule has 4 nitrogen and oxygen atoms in total. The number of hydrogen-bond donors (Lipinski definition) is 0. The summed E-state index contributed by atoms with van der Waals surface area (Å²) in [5, 5.41) is 3.97. The number of carbonyl (C=O) groups excluding carboxylic acids is 1. The zero-order chi connectivity index (χ0) is 14.7. The molecule has 0 saturated heterocycles. The van der Waals surface area contributed by atoms with Gasteiger partial charge in [0.1, 0.15) is 11.6 Å². The van der Waals surface area contributed by atoms with Gasteiger partial charge in [0.15, 0.2) is 5.69 Å². The predicted octanol–water partition coefficient (Wildman–Crippen LogP) is 3.15. The predicted molar refractivity (Wildman–Crippen MR) is 71.3 cm³/mol. The fraction of sp³-hybridized carbons (Fsp3) is 0.231. The number of hydrogen-bond acceptors (Lipinski definition) is 3. The van der Waals surface area contributed by atoms with E-state index in [0.717, 1.165) is 0 Å². The summed E-state index contributed by atoms with van der Waals surface area (Å²) in [6, 6.07) is 3.63. The van der Waals surface area contributed by atoms with E-state index in [1.54, 1.807) is 6.92 Å². The van der Waals surface area contributed by atoms with Crippen molar-refractivity contribution in [1.29, 1.82) is 0 Å². The smallest absolute Gasteiger partial charge is 0.360 e. The highest BCUT2D eigenvalue weighted by Gasteiger charge is 2.17. The van der Waals surface area contributed by atoms with Crippen molar-refractivity contribution in [3.05, 3.63) is 51.8 Å². The van der Waals surface area contributed by atoms with E-state index in [-0.39, 0.29) is 24.4 Å². The lowest BCUT2D eigenvalue weighted by atomic mass is 10.2. The number of aromatic nitrogens is 2. The Labute approximate surface area is 122 Å². The molecule has 0 aliphatic carbocycles. The van der Waals surface area contributed by atoms with Crippen molar-refractivity contribution in [3.8, 4) is 0 Å². The van der Waals surface area contributed by atoms with Crippen LogP contribution < -0.4 is 0 Å². The van der Waals surface area contributed by atoms with Gasteiger partial charge in [-0.05, 0) is 35.0 Å². The second kappa shape index (κ2) is 6.13. The summed E-state index contributed by atoms with van der Waals surface area (Å²) in [5.41, 5.74) is -0.0403. The maximum Gasteiger partial charge on any atom is 0.360 e. The quantitative estimate of drug-likeness (QED) is 0.800. The number of rotatable bonds is 4. The molecule has 0 fully saturated rings. The van der Waals surface area contributed by atoms with Gasteiger partial charge in [-0.2, -0.15) is 5.10 Å². The molecule has 0 aliphatic heterocycles. The first-order valence-corrected chi connectivity index (χ1v) is 6.65. The van der Waals surface area contributed by atoms with Crippen molar-refractivity contribution in [2.75, 3.05) is 6.61 Å². The number of nitrogens with zero attached hydrogens (tertiary/aromatic N) is 2. The lowest BCUT2D eigenvalue weighted by Gasteiger charge is -2.04. The topological polar surface area (TPSA) is 44.1 Å². The number of esters is 1. The summed E-state index contributed by atoms with van der Waals surface area (Å²) in [6.45, 7) is 1.79. The Morgan fingerprint density at radius 1 is 1.40 bits per heavy atom. The molecule has 20 heavy (non-hydrogen) atoms. The first-order chi connectivity index (χ1) is 9.52.